The van der Waals surface area contributed by atoms with Crippen molar-refractivity contribution in [3.8, 4) is 11.5 Å². The Balaban J connectivity index is 1.76. The van der Waals surface area contributed by atoms with Gasteiger partial charge in [0.25, 0.3) is 5.91 Å². The van der Waals surface area contributed by atoms with Gasteiger partial charge in [0.15, 0.2) is 22.1 Å². The van der Waals surface area contributed by atoms with Gasteiger partial charge in [0.2, 0.25) is 5.76 Å². The molecule has 2 aromatic heterocycles. The third-order valence-corrected chi connectivity index (χ3v) is 6.06. The maximum absolute atomic E-state index is 13.5. The predicted octanol–water partition coefficient (Wildman–Crippen LogP) is 4.80. The Labute approximate surface area is 187 Å². The van der Waals surface area contributed by atoms with Crippen LogP contribution < -0.4 is 19.8 Å². The summed E-state index contributed by atoms with van der Waals surface area (Å²) in [7, 11) is 0. The Bertz CT molecular complexity index is 1360. The van der Waals surface area contributed by atoms with Crippen LogP contribution >= 0.6 is 11.3 Å². The zero-order valence-electron chi connectivity index (χ0n) is 17.5. The molecular formula is C24H20N2O5S. The lowest BCUT2D eigenvalue weighted by atomic mass is 9.98. The number of carbonyl (C=O) groups is 1. The number of nitrogens with zero attached hydrogens (tertiary/aromatic N) is 2. The molecule has 0 saturated carbocycles. The van der Waals surface area contributed by atoms with E-state index < -0.39 is 11.9 Å². The van der Waals surface area contributed by atoms with Crippen LogP contribution in [0.1, 0.15) is 41.6 Å². The molecule has 1 amide bonds. The fourth-order valence-electron chi connectivity index (χ4n) is 4.01. The van der Waals surface area contributed by atoms with E-state index in [1.165, 1.54) is 16.2 Å². The summed E-state index contributed by atoms with van der Waals surface area (Å²) >= 11 is 1.32. The van der Waals surface area contributed by atoms with Crippen LogP contribution in [0.4, 0.5) is 5.13 Å². The standard InChI is InChI=1S/C24H20N2O5S/c1-3-29-17-10-9-14(13-18(17)30-4-2)20-19-21(27)15-7-5-6-8-16(15)31-22(19)23(28)26(20)24-25-11-12-32-24/h5-13,20H,3-4H2,1-2H3/t20-/m1/s1. The van der Waals surface area contributed by atoms with E-state index >= 15 is 0 Å². The number of aromatic nitrogens is 1. The maximum Gasteiger partial charge on any atom is 0.297 e. The molecule has 5 rings (SSSR count). The Morgan fingerprint density at radius 1 is 1.06 bits per heavy atom. The van der Waals surface area contributed by atoms with E-state index in [4.69, 9.17) is 13.9 Å². The molecule has 0 radical (unpaired) electrons. The fourth-order valence-corrected chi connectivity index (χ4v) is 4.67. The maximum atomic E-state index is 13.5. The first-order valence-corrected chi connectivity index (χ1v) is 11.2. The van der Waals surface area contributed by atoms with Crippen LogP contribution in [-0.4, -0.2) is 24.1 Å². The number of fused-ring (bicyclic) bond motifs is 2. The molecule has 3 heterocycles. The van der Waals surface area contributed by atoms with E-state index in [-0.39, 0.29) is 11.2 Å². The largest absolute Gasteiger partial charge is 0.490 e. The molecule has 8 heteroatoms. The van der Waals surface area contributed by atoms with Crippen molar-refractivity contribution < 1.29 is 18.7 Å². The molecule has 0 aliphatic carbocycles. The number of benzene rings is 2. The molecule has 2 aromatic carbocycles. The van der Waals surface area contributed by atoms with E-state index in [9.17, 15) is 9.59 Å². The second kappa shape index (κ2) is 8.12. The first kappa shape index (κ1) is 20.3. The van der Waals surface area contributed by atoms with Crippen LogP contribution in [0.3, 0.4) is 0 Å². The van der Waals surface area contributed by atoms with E-state index in [0.717, 1.165) is 0 Å². The molecule has 7 nitrogen and oxygen atoms in total. The Hall–Kier alpha value is -3.65. The van der Waals surface area contributed by atoms with E-state index in [0.29, 0.717) is 51.9 Å². The zero-order valence-corrected chi connectivity index (χ0v) is 18.3. The highest BCUT2D eigenvalue weighted by atomic mass is 32.1. The number of para-hydroxylation sites is 1. The summed E-state index contributed by atoms with van der Waals surface area (Å²) in [6.07, 6.45) is 1.63. The van der Waals surface area contributed by atoms with Crippen molar-refractivity contribution >= 4 is 33.3 Å². The van der Waals surface area contributed by atoms with Gasteiger partial charge >= 0.3 is 0 Å². The first-order valence-electron chi connectivity index (χ1n) is 10.3. The van der Waals surface area contributed by atoms with Crippen LogP contribution in [0, 0.1) is 0 Å². The molecule has 1 aliphatic rings. The van der Waals surface area contributed by atoms with Crippen LogP contribution in [0.25, 0.3) is 11.0 Å². The highest BCUT2D eigenvalue weighted by Gasteiger charge is 2.45. The summed E-state index contributed by atoms with van der Waals surface area (Å²) in [5.74, 6) is 0.807. The SMILES string of the molecule is CCOc1ccc([C@@H]2c3c(oc4ccccc4c3=O)C(=O)N2c2nccs2)cc1OCC. The number of carbonyl (C=O) groups excluding carboxylic acids is 1. The lowest BCUT2D eigenvalue weighted by molar-refractivity contribution is 0.0971. The first-order chi connectivity index (χ1) is 15.6. The molecule has 0 saturated heterocycles. The molecular weight excluding hydrogens is 428 g/mol. The average molecular weight is 449 g/mol. The summed E-state index contributed by atoms with van der Waals surface area (Å²) in [6, 6.07) is 11.7. The monoisotopic (exact) mass is 448 g/mol. The Kier molecular flexibility index (Phi) is 5.14. The van der Waals surface area contributed by atoms with Gasteiger partial charge in [0.1, 0.15) is 5.58 Å². The summed E-state index contributed by atoms with van der Waals surface area (Å²) in [6.45, 7) is 4.73. The van der Waals surface area contributed by atoms with Crippen molar-refractivity contribution in [3.05, 3.63) is 81.2 Å². The average Bonchev–Trinajstić information content (AvgIpc) is 3.42. The highest BCUT2D eigenvalue weighted by Crippen LogP contribution is 2.43. The quantitative estimate of drug-likeness (QED) is 0.422. The molecule has 1 atom stereocenters. The second-order valence-corrected chi connectivity index (χ2v) is 8.01. The van der Waals surface area contributed by atoms with Gasteiger partial charge in [-0.15, -0.1) is 11.3 Å². The molecule has 1 aliphatic heterocycles. The number of amides is 1. The molecule has 162 valence electrons. The summed E-state index contributed by atoms with van der Waals surface area (Å²) in [5.41, 5.74) is 1.16. The van der Waals surface area contributed by atoms with Gasteiger partial charge in [-0.3, -0.25) is 14.5 Å². The van der Waals surface area contributed by atoms with Gasteiger partial charge in [0, 0.05) is 11.6 Å². The number of rotatable bonds is 6. The van der Waals surface area contributed by atoms with Gasteiger partial charge in [-0.2, -0.15) is 0 Å². The normalized spacial score (nSPS) is 15.2. The minimum atomic E-state index is -0.695. The van der Waals surface area contributed by atoms with Crippen LogP contribution in [-0.2, 0) is 0 Å². The lowest BCUT2D eigenvalue weighted by Crippen LogP contribution is -2.29. The van der Waals surface area contributed by atoms with Crippen molar-refractivity contribution in [2.75, 3.05) is 18.1 Å². The number of hydrogen-bond donors (Lipinski definition) is 0. The third kappa shape index (κ3) is 3.15. The smallest absolute Gasteiger partial charge is 0.297 e. The fraction of sp³-hybridized carbons (Fsp3) is 0.208. The number of ether oxygens (including phenoxy) is 2. The Morgan fingerprint density at radius 2 is 1.84 bits per heavy atom. The van der Waals surface area contributed by atoms with Crippen molar-refractivity contribution in [1.29, 1.82) is 0 Å². The Morgan fingerprint density at radius 3 is 2.59 bits per heavy atom. The summed E-state index contributed by atoms with van der Waals surface area (Å²) in [5, 5.41) is 2.71. The lowest BCUT2D eigenvalue weighted by Gasteiger charge is -2.23. The van der Waals surface area contributed by atoms with Crippen LogP contribution in [0.5, 0.6) is 11.5 Å². The number of anilines is 1. The molecule has 0 fully saturated rings. The molecule has 4 aromatic rings. The third-order valence-electron chi connectivity index (χ3n) is 5.29. The minimum Gasteiger partial charge on any atom is -0.490 e. The van der Waals surface area contributed by atoms with E-state index in [2.05, 4.69) is 4.98 Å². The molecule has 0 bridgehead atoms. The second-order valence-electron chi connectivity index (χ2n) is 7.13. The summed E-state index contributed by atoms with van der Waals surface area (Å²) < 4.78 is 17.4. The van der Waals surface area contributed by atoms with Gasteiger partial charge in [0.05, 0.1) is 30.2 Å². The van der Waals surface area contributed by atoms with Crippen LogP contribution in [0.15, 0.2) is 63.3 Å². The van der Waals surface area contributed by atoms with Crippen molar-refractivity contribution in [2.45, 2.75) is 19.9 Å². The van der Waals surface area contributed by atoms with Gasteiger partial charge < -0.3 is 13.9 Å². The zero-order chi connectivity index (χ0) is 22.2. The molecule has 0 N–H and O–H groups in total. The van der Waals surface area contributed by atoms with E-state index in [1.807, 2.05) is 26.0 Å². The number of thiazole rings is 1. The highest BCUT2D eigenvalue weighted by molar-refractivity contribution is 7.13. The van der Waals surface area contributed by atoms with Gasteiger partial charge in [-0.1, -0.05) is 18.2 Å². The number of hydrogen-bond acceptors (Lipinski definition) is 7. The van der Waals surface area contributed by atoms with Gasteiger partial charge in [-0.05, 0) is 43.7 Å². The molecule has 0 unspecified atom stereocenters. The topological polar surface area (TPSA) is 81.9 Å². The molecule has 0 spiro atoms. The minimum absolute atomic E-state index is 0.0424. The predicted molar refractivity (Wildman–Crippen MR) is 122 cm³/mol. The van der Waals surface area contributed by atoms with Crippen molar-refractivity contribution in [3.63, 3.8) is 0 Å². The van der Waals surface area contributed by atoms with Crippen LogP contribution in [0.2, 0.25) is 0 Å². The summed E-state index contributed by atoms with van der Waals surface area (Å²) in [4.78, 5) is 32.8. The van der Waals surface area contributed by atoms with Gasteiger partial charge in [-0.25, -0.2) is 4.98 Å². The van der Waals surface area contributed by atoms with E-state index in [1.54, 1.807) is 41.9 Å². The van der Waals surface area contributed by atoms with Crippen molar-refractivity contribution in [1.82, 2.24) is 4.98 Å². The molecule has 32 heavy (non-hydrogen) atoms. The van der Waals surface area contributed by atoms with Crippen molar-refractivity contribution in [2.24, 2.45) is 0 Å².